The lowest BCUT2D eigenvalue weighted by atomic mass is 9.85. The first-order valence-corrected chi connectivity index (χ1v) is 7.74. The lowest BCUT2D eigenvalue weighted by Crippen LogP contribution is -2.32. The van der Waals surface area contributed by atoms with Crippen molar-refractivity contribution in [2.24, 2.45) is 5.92 Å². The van der Waals surface area contributed by atoms with Gasteiger partial charge in [0.1, 0.15) is 0 Å². The summed E-state index contributed by atoms with van der Waals surface area (Å²) in [6.07, 6.45) is 3.67. The van der Waals surface area contributed by atoms with Crippen LogP contribution >= 0.6 is 23.2 Å². The van der Waals surface area contributed by atoms with Gasteiger partial charge in [0.15, 0.2) is 0 Å². The number of nitrogens with one attached hydrogen (secondary N) is 1. The molecule has 0 amide bonds. The van der Waals surface area contributed by atoms with E-state index in [1.165, 1.54) is 0 Å². The standard InChI is InChI=1S/C15H19Cl2NO2/c1-2-20-15(19)10-5-3-6-11(9-10)18-14-12(16)7-4-8-13(14)17/h4,7-8,10-11,18H,2-3,5-6,9H2,1H3. The molecular formula is C15H19Cl2NO2. The second-order valence-electron chi connectivity index (χ2n) is 5.05. The summed E-state index contributed by atoms with van der Waals surface area (Å²) in [7, 11) is 0. The van der Waals surface area contributed by atoms with Gasteiger partial charge in [-0.3, -0.25) is 4.79 Å². The zero-order chi connectivity index (χ0) is 14.5. The molecule has 0 aliphatic heterocycles. The molecule has 110 valence electrons. The topological polar surface area (TPSA) is 38.3 Å². The van der Waals surface area contributed by atoms with Crippen molar-refractivity contribution in [1.29, 1.82) is 0 Å². The molecule has 1 aliphatic carbocycles. The summed E-state index contributed by atoms with van der Waals surface area (Å²) < 4.78 is 5.11. The average molecular weight is 316 g/mol. The third kappa shape index (κ3) is 3.80. The first-order chi connectivity index (χ1) is 9.61. The van der Waals surface area contributed by atoms with E-state index in [0.29, 0.717) is 16.7 Å². The van der Waals surface area contributed by atoms with E-state index >= 15 is 0 Å². The number of benzene rings is 1. The number of hydrogen-bond acceptors (Lipinski definition) is 3. The summed E-state index contributed by atoms with van der Waals surface area (Å²) >= 11 is 12.3. The molecule has 1 aliphatic rings. The smallest absolute Gasteiger partial charge is 0.308 e. The van der Waals surface area contributed by atoms with Crippen LogP contribution in [0.4, 0.5) is 5.69 Å². The van der Waals surface area contributed by atoms with Crippen molar-refractivity contribution < 1.29 is 9.53 Å². The van der Waals surface area contributed by atoms with Crippen molar-refractivity contribution in [3.8, 4) is 0 Å². The third-order valence-electron chi connectivity index (χ3n) is 3.61. The normalized spacial score (nSPS) is 22.4. The minimum Gasteiger partial charge on any atom is -0.466 e. The molecule has 3 nitrogen and oxygen atoms in total. The highest BCUT2D eigenvalue weighted by molar-refractivity contribution is 6.39. The van der Waals surface area contributed by atoms with Gasteiger partial charge in [0.25, 0.3) is 0 Å². The predicted molar refractivity (Wildman–Crippen MR) is 82.5 cm³/mol. The van der Waals surface area contributed by atoms with Gasteiger partial charge < -0.3 is 10.1 Å². The molecule has 0 saturated heterocycles. The van der Waals surface area contributed by atoms with E-state index < -0.39 is 0 Å². The molecule has 2 atom stereocenters. The van der Waals surface area contributed by atoms with E-state index in [0.717, 1.165) is 31.4 Å². The van der Waals surface area contributed by atoms with E-state index in [1.807, 2.05) is 13.0 Å². The van der Waals surface area contributed by atoms with E-state index in [2.05, 4.69) is 5.32 Å². The molecule has 0 spiro atoms. The summed E-state index contributed by atoms with van der Waals surface area (Å²) in [4.78, 5) is 11.8. The Bertz CT molecular complexity index is 459. The Balaban J connectivity index is 2.01. The quantitative estimate of drug-likeness (QED) is 0.830. The number of hydrogen-bond donors (Lipinski definition) is 1. The number of esters is 1. The number of para-hydroxylation sites is 1. The molecule has 0 aromatic heterocycles. The van der Waals surface area contributed by atoms with Gasteiger partial charge in [-0.15, -0.1) is 0 Å². The second-order valence-corrected chi connectivity index (χ2v) is 5.87. The highest BCUT2D eigenvalue weighted by Crippen LogP contribution is 2.34. The van der Waals surface area contributed by atoms with Crippen LogP contribution in [0.5, 0.6) is 0 Å². The number of carbonyl (C=O) groups excluding carboxylic acids is 1. The molecule has 1 aromatic rings. The monoisotopic (exact) mass is 315 g/mol. The molecule has 1 fully saturated rings. The Morgan fingerprint density at radius 2 is 2.05 bits per heavy atom. The van der Waals surface area contributed by atoms with E-state index in [4.69, 9.17) is 27.9 Å². The van der Waals surface area contributed by atoms with Crippen LogP contribution in [0.25, 0.3) is 0 Å². The third-order valence-corrected chi connectivity index (χ3v) is 4.24. The van der Waals surface area contributed by atoms with Gasteiger partial charge in [-0.05, 0) is 38.3 Å². The number of halogens is 2. The van der Waals surface area contributed by atoms with Gasteiger partial charge in [-0.1, -0.05) is 35.7 Å². The van der Waals surface area contributed by atoms with E-state index in [9.17, 15) is 4.79 Å². The maximum Gasteiger partial charge on any atom is 0.308 e. The summed E-state index contributed by atoms with van der Waals surface area (Å²) in [6.45, 7) is 2.27. The Kier molecular flexibility index (Phi) is 5.55. The number of rotatable bonds is 4. The van der Waals surface area contributed by atoms with Crippen LogP contribution in [0.1, 0.15) is 32.6 Å². The van der Waals surface area contributed by atoms with Crippen LogP contribution < -0.4 is 5.32 Å². The van der Waals surface area contributed by atoms with Crippen LogP contribution in [0.2, 0.25) is 10.0 Å². The molecule has 2 unspecified atom stereocenters. The van der Waals surface area contributed by atoms with Crippen LogP contribution in [0.15, 0.2) is 18.2 Å². The second kappa shape index (κ2) is 7.19. The van der Waals surface area contributed by atoms with Crippen LogP contribution in [-0.2, 0) is 9.53 Å². The minimum absolute atomic E-state index is 0.0255. The Morgan fingerprint density at radius 1 is 1.35 bits per heavy atom. The van der Waals surface area contributed by atoms with E-state index in [-0.39, 0.29) is 17.9 Å². The summed E-state index contributed by atoms with van der Waals surface area (Å²) in [5, 5.41) is 4.59. The zero-order valence-electron chi connectivity index (χ0n) is 11.5. The summed E-state index contributed by atoms with van der Waals surface area (Å²) in [5.41, 5.74) is 0.755. The molecule has 0 bridgehead atoms. The highest BCUT2D eigenvalue weighted by atomic mass is 35.5. The van der Waals surface area contributed by atoms with Crippen molar-refractivity contribution >= 4 is 34.9 Å². The SMILES string of the molecule is CCOC(=O)C1CCCC(Nc2c(Cl)cccc2Cl)C1. The predicted octanol–water partition coefficient (Wildman–Crippen LogP) is 4.53. The van der Waals surface area contributed by atoms with Crippen molar-refractivity contribution in [2.75, 3.05) is 11.9 Å². The van der Waals surface area contributed by atoms with Crippen LogP contribution in [0.3, 0.4) is 0 Å². The average Bonchev–Trinajstić information content (AvgIpc) is 2.44. The van der Waals surface area contributed by atoms with Crippen molar-refractivity contribution in [3.63, 3.8) is 0 Å². The number of anilines is 1. The number of carbonyl (C=O) groups is 1. The molecule has 0 heterocycles. The van der Waals surface area contributed by atoms with Gasteiger partial charge in [-0.25, -0.2) is 0 Å². The fraction of sp³-hybridized carbons (Fsp3) is 0.533. The molecule has 1 aromatic carbocycles. The Morgan fingerprint density at radius 3 is 2.70 bits per heavy atom. The fourth-order valence-corrected chi connectivity index (χ4v) is 3.14. The van der Waals surface area contributed by atoms with Gasteiger partial charge in [0.05, 0.1) is 28.3 Å². The van der Waals surface area contributed by atoms with Gasteiger partial charge in [0.2, 0.25) is 0 Å². The van der Waals surface area contributed by atoms with Crippen LogP contribution in [-0.4, -0.2) is 18.6 Å². The molecule has 2 rings (SSSR count). The van der Waals surface area contributed by atoms with Crippen LogP contribution in [0, 0.1) is 5.92 Å². The summed E-state index contributed by atoms with van der Waals surface area (Å²) in [5.74, 6) is -0.119. The lowest BCUT2D eigenvalue weighted by Gasteiger charge is -2.29. The summed E-state index contributed by atoms with van der Waals surface area (Å²) in [6, 6.07) is 5.64. The minimum atomic E-state index is -0.0933. The molecule has 1 N–H and O–H groups in total. The first kappa shape index (κ1) is 15.5. The molecule has 0 radical (unpaired) electrons. The Hall–Kier alpha value is -0.930. The molecule has 1 saturated carbocycles. The lowest BCUT2D eigenvalue weighted by molar-refractivity contribution is -0.149. The van der Waals surface area contributed by atoms with Gasteiger partial charge in [0, 0.05) is 6.04 Å². The molecular weight excluding hydrogens is 297 g/mol. The largest absolute Gasteiger partial charge is 0.466 e. The number of ether oxygens (including phenoxy) is 1. The fourth-order valence-electron chi connectivity index (χ4n) is 2.63. The Labute approximate surface area is 129 Å². The highest BCUT2D eigenvalue weighted by Gasteiger charge is 2.28. The van der Waals surface area contributed by atoms with Gasteiger partial charge >= 0.3 is 5.97 Å². The maximum absolute atomic E-state index is 11.8. The van der Waals surface area contributed by atoms with Crippen molar-refractivity contribution in [1.82, 2.24) is 0 Å². The molecule has 5 heteroatoms. The molecule has 20 heavy (non-hydrogen) atoms. The maximum atomic E-state index is 11.8. The van der Waals surface area contributed by atoms with Gasteiger partial charge in [-0.2, -0.15) is 0 Å². The zero-order valence-corrected chi connectivity index (χ0v) is 13.0. The van der Waals surface area contributed by atoms with E-state index in [1.54, 1.807) is 12.1 Å². The van der Waals surface area contributed by atoms with Crippen molar-refractivity contribution in [2.45, 2.75) is 38.6 Å². The van der Waals surface area contributed by atoms with Crippen molar-refractivity contribution in [3.05, 3.63) is 28.2 Å². The first-order valence-electron chi connectivity index (χ1n) is 6.99.